The van der Waals surface area contributed by atoms with Gasteiger partial charge in [0.15, 0.2) is 0 Å². The topological polar surface area (TPSA) is 73.1 Å². The third-order valence-corrected chi connectivity index (χ3v) is 4.19. The summed E-state index contributed by atoms with van der Waals surface area (Å²) in [5.74, 6) is -0.291. The van der Waals surface area contributed by atoms with Gasteiger partial charge in [0, 0.05) is 5.02 Å². The van der Waals surface area contributed by atoms with Gasteiger partial charge in [0.05, 0.1) is 18.6 Å². The quantitative estimate of drug-likeness (QED) is 0.897. The van der Waals surface area contributed by atoms with Gasteiger partial charge in [-0.1, -0.05) is 43.0 Å². The highest BCUT2D eigenvalue weighted by Crippen LogP contribution is 2.28. The molecule has 0 heterocycles. The number of benzene rings is 1. The van der Waals surface area contributed by atoms with Gasteiger partial charge >= 0.3 is 0 Å². The molecule has 1 saturated carbocycles. The summed E-state index contributed by atoms with van der Waals surface area (Å²) >= 11 is 5.79. The first-order valence-electron chi connectivity index (χ1n) is 7.20. The van der Waals surface area contributed by atoms with Gasteiger partial charge in [0.2, 0.25) is 5.91 Å². The largest absolute Gasteiger partial charge is 0.388 e. The van der Waals surface area contributed by atoms with E-state index in [1.807, 2.05) is 0 Å². The Morgan fingerprint density at radius 2 is 1.95 bits per heavy atom. The summed E-state index contributed by atoms with van der Waals surface area (Å²) in [6.07, 6.45) is 3.44. The van der Waals surface area contributed by atoms with Gasteiger partial charge in [0.25, 0.3) is 0 Å². The first kappa shape index (κ1) is 15.8. The molecule has 0 radical (unpaired) electrons. The molecule has 1 aliphatic rings. The number of carbonyl (C=O) groups excluding carboxylic acids is 1. The highest BCUT2D eigenvalue weighted by atomic mass is 35.5. The molecular formula is C16H19ClN2O2. The van der Waals surface area contributed by atoms with Crippen molar-refractivity contribution in [2.75, 3.05) is 0 Å². The summed E-state index contributed by atoms with van der Waals surface area (Å²) in [5.41, 5.74) is -0.112. The number of halogens is 1. The number of amides is 1. The van der Waals surface area contributed by atoms with Crippen molar-refractivity contribution in [3.05, 3.63) is 34.9 Å². The summed E-state index contributed by atoms with van der Waals surface area (Å²) in [4.78, 5) is 12.1. The van der Waals surface area contributed by atoms with Crippen LogP contribution in [0.15, 0.2) is 24.3 Å². The van der Waals surface area contributed by atoms with Crippen LogP contribution in [0.4, 0.5) is 0 Å². The number of rotatable bonds is 4. The van der Waals surface area contributed by atoms with Crippen molar-refractivity contribution >= 4 is 17.5 Å². The fourth-order valence-electron chi connectivity index (χ4n) is 2.72. The van der Waals surface area contributed by atoms with Crippen molar-refractivity contribution in [3.8, 4) is 6.07 Å². The monoisotopic (exact) mass is 306 g/mol. The number of hydrogen-bond donors (Lipinski definition) is 2. The maximum absolute atomic E-state index is 12.1. The summed E-state index contributed by atoms with van der Waals surface area (Å²) < 4.78 is 0. The highest BCUT2D eigenvalue weighted by Gasteiger charge is 2.33. The van der Waals surface area contributed by atoms with E-state index in [1.54, 1.807) is 24.3 Å². The molecule has 1 unspecified atom stereocenters. The van der Waals surface area contributed by atoms with Gasteiger partial charge in [0.1, 0.15) is 5.54 Å². The van der Waals surface area contributed by atoms with E-state index < -0.39 is 11.6 Å². The Bertz CT molecular complexity index is 530. The Kier molecular flexibility index (Phi) is 5.22. The van der Waals surface area contributed by atoms with Gasteiger partial charge in [-0.15, -0.1) is 0 Å². The van der Waals surface area contributed by atoms with Gasteiger partial charge in [-0.05, 0) is 30.5 Å². The summed E-state index contributed by atoms with van der Waals surface area (Å²) in [7, 11) is 0. The standard InChI is InChI=1S/C16H19ClN2O2/c17-13-6-4-12(5-7-13)14(20)10-15(21)19-16(11-18)8-2-1-3-9-16/h4-7,14,20H,1-3,8-10H2,(H,19,21). The maximum Gasteiger partial charge on any atom is 0.224 e. The lowest BCUT2D eigenvalue weighted by atomic mass is 9.82. The van der Waals surface area contributed by atoms with Gasteiger partial charge < -0.3 is 10.4 Å². The van der Waals surface area contributed by atoms with Crippen LogP contribution in [-0.4, -0.2) is 16.6 Å². The Morgan fingerprint density at radius 1 is 1.33 bits per heavy atom. The molecule has 5 heteroatoms. The van der Waals surface area contributed by atoms with Crippen molar-refractivity contribution in [3.63, 3.8) is 0 Å². The molecule has 0 aromatic heterocycles. The molecule has 21 heavy (non-hydrogen) atoms. The Hall–Kier alpha value is -1.57. The number of hydrogen-bond acceptors (Lipinski definition) is 3. The molecule has 1 aromatic carbocycles. The maximum atomic E-state index is 12.1. The Balaban J connectivity index is 1.94. The van der Waals surface area contributed by atoms with Crippen molar-refractivity contribution < 1.29 is 9.90 Å². The molecule has 112 valence electrons. The summed E-state index contributed by atoms with van der Waals surface area (Å²) in [5, 5.41) is 22.8. The number of nitriles is 1. The van der Waals surface area contributed by atoms with E-state index in [2.05, 4.69) is 11.4 Å². The van der Waals surface area contributed by atoms with Gasteiger partial charge in [-0.3, -0.25) is 4.79 Å². The van der Waals surface area contributed by atoms with Crippen LogP contribution in [0.3, 0.4) is 0 Å². The van der Waals surface area contributed by atoms with Crippen LogP contribution in [-0.2, 0) is 4.79 Å². The van der Waals surface area contributed by atoms with E-state index >= 15 is 0 Å². The lowest BCUT2D eigenvalue weighted by Crippen LogP contribution is -2.48. The van der Waals surface area contributed by atoms with Gasteiger partial charge in [-0.2, -0.15) is 5.26 Å². The smallest absolute Gasteiger partial charge is 0.224 e. The van der Waals surface area contributed by atoms with Crippen LogP contribution >= 0.6 is 11.6 Å². The molecule has 0 spiro atoms. The number of nitrogens with zero attached hydrogens (tertiary/aromatic N) is 1. The molecular weight excluding hydrogens is 288 g/mol. The molecule has 0 saturated heterocycles. The third-order valence-electron chi connectivity index (χ3n) is 3.93. The van der Waals surface area contributed by atoms with E-state index in [0.717, 1.165) is 19.3 Å². The second kappa shape index (κ2) is 6.93. The molecule has 1 aromatic rings. The number of aliphatic hydroxyl groups is 1. The molecule has 2 N–H and O–H groups in total. The lowest BCUT2D eigenvalue weighted by Gasteiger charge is -2.31. The fraction of sp³-hybridized carbons (Fsp3) is 0.500. The SMILES string of the molecule is N#CC1(NC(=O)CC(O)c2ccc(Cl)cc2)CCCCC1. The minimum absolute atomic E-state index is 0.0505. The zero-order valence-electron chi connectivity index (χ0n) is 11.8. The van der Waals surface area contributed by atoms with Crippen molar-refractivity contribution in [1.82, 2.24) is 5.32 Å². The zero-order valence-corrected chi connectivity index (χ0v) is 12.6. The van der Waals surface area contributed by atoms with Gasteiger partial charge in [-0.25, -0.2) is 0 Å². The van der Waals surface area contributed by atoms with Crippen LogP contribution in [0.1, 0.15) is 50.2 Å². The summed E-state index contributed by atoms with van der Waals surface area (Å²) in [6, 6.07) is 8.98. The summed E-state index contributed by atoms with van der Waals surface area (Å²) in [6.45, 7) is 0. The molecule has 1 fully saturated rings. The van der Waals surface area contributed by atoms with Crippen molar-refractivity contribution in [2.24, 2.45) is 0 Å². The molecule has 1 atom stereocenters. The molecule has 0 bridgehead atoms. The second-order valence-corrected chi connectivity index (χ2v) is 6.01. The molecule has 0 aliphatic heterocycles. The normalized spacial score (nSPS) is 18.5. The Labute approximate surface area is 129 Å². The lowest BCUT2D eigenvalue weighted by molar-refractivity contribution is -0.124. The fourth-order valence-corrected chi connectivity index (χ4v) is 2.84. The van der Waals surface area contributed by atoms with Crippen LogP contribution in [0.5, 0.6) is 0 Å². The first-order chi connectivity index (χ1) is 10.0. The van der Waals surface area contributed by atoms with E-state index in [9.17, 15) is 15.2 Å². The van der Waals surface area contributed by atoms with E-state index in [1.165, 1.54) is 0 Å². The minimum atomic E-state index is -0.887. The first-order valence-corrected chi connectivity index (χ1v) is 7.58. The minimum Gasteiger partial charge on any atom is -0.388 e. The van der Waals surface area contributed by atoms with E-state index in [4.69, 9.17) is 11.6 Å². The molecule has 1 aliphatic carbocycles. The van der Waals surface area contributed by atoms with Crippen LogP contribution in [0.2, 0.25) is 5.02 Å². The zero-order chi connectivity index (χ0) is 15.3. The molecule has 2 rings (SSSR count). The number of aliphatic hydroxyl groups excluding tert-OH is 1. The van der Waals surface area contributed by atoms with Crippen LogP contribution < -0.4 is 5.32 Å². The predicted molar refractivity (Wildman–Crippen MR) is 80.6 cm³/mol. The van der Waals surface area contributed by atoms with E-state index in [0.29, 0.717) is 23.4 Å². The van der Waals surface area contributed by atoms with Crippen LogP contribution in [0, 0.1) is 11.3 Å². The average Bonchev–Trinajstić information content (AvgIpc) is 2.48. The number of carbonyl (C=O) groups is 1. The predicted octanol–water partition coefficient (Wildman–Crippen LogP) is 3.11. The van der Waals surface area contributed by atoms with E-state index in [-0.39, 0.29) is 12.3 Å². The third kappa shape index (κ3) is 4.20. The second-order valence-electron chi connectivity index (χ2n) is 5.57. The van der Waals surface area contributed by atoms with Crippen LogP contribution in [0.25, 0.3) is 0 Å². The highest BCUT2D eigenvalue weighted by molar-refractivity contribution is 6.30. The molecule has 1 amide bonds. The number of nitrogens with one attached hydrogen (secondary N) is 1. The van der Waals surface area contributed by atoms with Crippen molar-refractivity contribution in [2.45, 2.75) is 50.2 Å². The average molecular weight is 307 g/mol. The Morgan fingerprint density at radius 3 is 2.52 bits per heavy atom. The van der Waals surface area contributed by atoms with Crippen molar-refractivity contribution in [1.29, 1.82) is 5.26 Å². The molecule has 4 nitrogen and oxygen atoms in total.